The van der Waals surface area contributed by atoms with E-state index in [0.717, 1.165) is 0 Å². The molecule has 0 amide bonds. The zero-order chi connectivity index (χ0) is 23.9. The molecule has 0 fully saturated rings. The SMILES string of the molecule is COc1ccccc1Nc1nc(N)nc(COC(=O)/C(=C/c2ccc(F)cc2)c2cccs2)n1. The van der Waals surface area contributed by atoms with Crippen LogP contribution in [0.2, 0.25) is 0 Å². The van der Waals surface area contributed by atoms with Crippen LogP contribution in [0.1, 0.15) is 16.3 Å². The monoisotopic (exact) mass is 477 g/mol. The fourth-order valence-corrected chi connectivity index (χ4v) is 3.75. The first kappa shape index (κ1) is 22.9. The highest BCUT2D eigenvalue weighted by atomic mass is 32.1. The second kappa shape index (κ2) is 10.5. The van der Waals surface area contributed by atoms with Gasteiger partial charge in [-0.15, -0.1) is 11.3 Å². The Morgan fingerprint density at radius 2 is 1.88 bits per heavy atom. The van der Waals surface area contributed by atoms with Crippen molar-refractivity contribution < 1.29 is 18.7 Å². The summed E-state index contributed by atoms with van der Waals surface area (Å²) < 4.78 is 24.1. The fourth-order valence-electron chi connectivity index (χ4n) is 3.02. The number of nitrogens with two attached hydrogens (primary N) is 1. The van der Waals surface area contributed by atoms with Gasteiger partial charge in [-0.2, -0.15) is 15.0 Å². The lowest BCUT2D eigenvalue weighted by Crippen LogP contribution is -2.12. The molecular formula is C24H20FN5O3S. The van der Waals surface area contributed by atoms with E-state index in [1.54, 1.807) is 43.5 Å². The maximum atomic E-state index is 13.3. The number of anilines is 3. The van der Waals surface area contributed by atoms with Gasteiger partial charge in [-0.1, -0.05) is 30.3 Å². The molecule has 172 valence electrons. The molecule has 4 aromatic rings. The van der Waals surface area contributed by atoms with Gasteiger partial charge >= 0.3 is 5.97 Å². The Morgan fingerprint density at radius 1 is 1.09 bits per heavy atom. The van der Waals surface area contributed by atoms with E-state index in [2.05, 4.69) is 20.3 Å². The zero-order valence-electron chi connectivity index (χ0n) is 18.1. The number of esters is 1. The first-order valence-electron chi connectivity index (χ1n) is 10.1. The summed E-state index contributed by atoms with van der Waals surface area (Å²) in [5, 5.41) is 4.88. The van der Waals surface area contributed by atoms with Crippen LogP contribution in [-0.2, 0) is 16.1 Å². The number of thiophene rings is 1. The molecule has 3 N–H and O–H groups in total. The Kier molecular flexibility index (Phi) is 7.09. The predicted molar refractivity (Wildman–Crippen MR) is 129 cm³/mol. The standard InChI is InChI=1S/C24H20FN5O3S/c1-32-19-6-3-2-5-18(19)27-24-29-21(28-23(26)30-24)14-33-22(31)17(20-7-4-12-34-20)13-15-8-10-16(25)11-9-15/h2-13H,14H2,1H3,(H3,26,27,28,29,30)/b17-13+. The van der Waals surface area contributed by atoms with Crippen LogP contribution in [-0.4, -0.2) is 28.0 Å². The summed E-state index contributed by atoms with van der Waals surface area (Å²) in [4.78, 5) is 26.1. The molecule has 2 aromatic carbocycles. The number of rotatable bonds is 8. The van der Waals surface area contributed by atoms with E-state index in [0.29, 0.717) is 27.5 Å². The molecule has 0 radical (unpaired) electrons. The predicted octanol–water partition coefficient (Wildman–Crippen LogP) is 4.69. The van der Waals surface area contributed by atoms with Gasteiger partial charge in [0, 0.05) is 4.88 Å². The summed E-state index contributed by atoms with van der Waals surface area (Å²) in [7, 11) is 1.55. The zero-order valence-corrected chi connectivity index (χ0v) is 18.9. The van der Waals surface area contributed by atoms with Crippen LogP contribution >= 0.6 is 11.3 Å². The molecule has 0 aliphatic heterocycles. The molecule has 34 heavy (non-hydrogen) atoms. The van der Waals surface area contributed by atoms with Gasteiger partial charge in [-0.05, 0) is 47.4 Å². The van der Waals surface area contributed by atoms with Gasteiger partial charge < -0.3 is 20.5 Å². The average molecular weight is 478 g/mol. The lowest BCUT2D eigenvalue weighted by molar-refractivity contribution is -0.138. The number of hydrogen-bond donors (Lipinski definition) is 2. The minimum atomic E-state index is -0.579. The van der Waals surface area contributed by atoms with Crippen LogP contribution in [0.5, 0.6) is 5.75 Å². The Bertz CT molecular complexity index is 1310. The number of aromatic nitrogens is 3. The number of ether oxygens (including phenoxy) is 2. The highest BCUT2D eigenvalue weighted by Gasteiger charge is 2.17. The minimum absolute atomic E-state index is 0.0289. The number of carbonyl (C=O) groups excluding carboxylic acids is 1. The largest absolute Gasteiger partial charge is 0.495 e. The summed E-state index contributed by atoms with van der Waals surface area (Å²) in [6, 6.07) is 16.7. The number of nitrogens with one attached hydrogen (secondary N) is 1. The van der Waals surface area contributed by atoms with Crippen molar-refractivity contribution in [3.05, 3.63) is 88.1 Å². The molecule has 0 bridgehead atoms. The Balaban J connectivity index is 1.52. The average Bonchev–Trinajstić information content (AvgIpc) is 3.37. The number of nitrogen functional groups attached to an aromatic ring is 1. The smallest absolute Gasteiger partial charge is 0.340 e. The summed E-state index contributed by atoms with van der Waals surface area (Å²) in [5.74, 6) is -0.0129. The third-order valence-corrected chi connectivity index (χ3v) is 5.48. The van der Waals surface area contributed by atoms with Gasteiger partial charge in [-0.25, -0.2) is 9.18 Å². The Morgan fingerprint density at radius 3 is 2.62 bits per heavy atom. The second-order valence-corrected chi connectivity index (χ2v) is 7.87. The van der Waals surface area contributed by atoms with Gasteiger partial charge in [0.05, 0.1) is 18.4 Å². The maximum Gasteiger partial charge on any atom is 0.340 e. The molecule has 0 aliphatic rings. The molecule has 0 unspecified atom stereocenters. The summed E-state index contributed by atoms with van der Waals surface area (Å²) in [5.41, 5.74) is 7.46. The lowest BCUT2D eigenvalue weighted by atomic mass is 10.1. The van der Waals surface area contributed by atoms with E-state index in [1.165, 1.54) is 23.5 Å². The molecule has 8 nitrogen and oxygen atoms in total. The van der Waals surface area contributed by atoms with E-state index in [9.17, 15) is 9.18 Å². The van der Waals surface area contributed by atoms with Crippen molar-refractivity contribution in [1.82, 2.24) is 15.0 Å². The number of halogens is 1. The number of methoxy groups -OCH3 is 1. The first-order valence-corrected chi connectivity index (χ1v) is 11.0. The van der Waals surface area contributed by atoms with Crippen LogP contribution in [0.25, 0.3) is 11.6 Å². The third kappa shape index (κ3) is 5.73. The summed E-state index contributed by atoms with van der Waals surface area (Å²) in [6.07, 6.45) is 1.64. The number of nitrogens with zero attached hydrogens (tertiary/aromatic N) is 3. The van der Waals surface area contributed by atoms with E-state index < -0.39 is 5.97 Å². The lowest BCUT2D eigenvalue weighted by Gasteiger charge is -2.11. The molecular weight excluding hydrogens is 457 g/mol. The van der Waals surface area contributed by atoms with Crippen LogP contribution in [0.15, 0.2) is 66.0 Å². The quantitative estimate of drug-likeness (QED) is 0.278. The van der Waals surface area contributed by atoms with Crippen molar-refractivity contribution in [2.24, 2.45) is 0 Å². The highest BCUT2D eigenvalue weighted by molar-refractivity contribution is 7.11. The van der Waals surface area contributed by atoms with Crippen LogP contribution in [0, 0.1) is 5.82 Å². The maximum absolute atomic E-state index is 13.3. The number of carbonyl (C=O) groups is 1. The van der Waals surface area contributed by atoms with Crippen molar-refractivity contribution in [2.75, 3.05) is 18.2 Å². The Hall–Kier alpha value is -4.31. The number of para-hydroxylation sites is 2. The van der Waals surface area contributed by atoms with Crippen molar-refractivity contribution in [1.29, 1.82) is 0 Å². The van der Waals surface area contributed by atoms with Gasteiger partial charge in [0.25, 0.3) is 0 Å². The van der Waals surface area contributed by atoms with Gasteiger partial charge in [-0.3, -0.25) is 0 Å². The number of benzene rings is 2. The van der Waals surface area contributed by atoms with E-state index in [-0.39, 0.29) is 30.1 Å². The van der Waals surface area contributed by atoms with Crippen LogP contribution in [0.3, 0.4) is 0 Å². The molecule has 0 saturated heterocycles. The van der Waals surface area contributed by atoms with E-state index in [1.807, 2.05) is 23.6 Å². The van der Waals surface area contributed by atoms with Crippen molar-refractivity contribution in [2.45, 2.75) is 6.61 Å². The van der Waals surface area contributed by atoms with Crippen molar-refractivity contribution in [3.63, 3.8) is 0 Å². The molecule has 0 aliphatic carbocycles. The van der Waals surface area contributed by atoms with E-state index in [4.69, 9.17) is 15.2 Å². The van der Waals surface area contributed by atoms with Crippen LogP contribution < -0.4 is 15.8 Å². The number of hydrogen-bond acceptors (Lipinski definition) is 9. The van der Waals surface area contributed by atoms with Gasteiger partial charge in [0.15, 0.2) is 12.4 Å². The van der Waals surface area contributed by atoms with Crippen LogP contribution in [0.4, 0.5) is 22.0 Å². The molecule has 2 heterocycles. The minimum Gasteiger partial charge on any atom is -0.495 e. The normalized spacial score (nSPS) is 11.2. The summed E-state index contributed by atoms with van der Waals surface area (Å²) >= 11 is 1.39. The molecule has 0 saturated carbocycles. The highest BCUT2D eigenvalue weighted by Crippen LogP contribution is 2.27. The van der Waals surface area contributed by atoms with E-state index >= 15 is 0 Å². The fraction of sp³-hybridized carbons (Fsp3) is 0.0833. The molecule has 0 spiro atoms. The summed E-state index contributed by atoms with van der Waals surface area (Å²) in [6.45, 7) is -0.224. The molecule has 10 heteroatoms. The Labute approximate surface area is 198 Å². The molecule has 4 rings (SSSR count). The first-order chi connectivity index (χ1) is 16.5. The third-order valence-electron chi connectivity index (χ3n) is 4.57. The van der Waals surface area contributed by atoms with Crippen molar-refractivity contribution in [3.8, 4) is 5.75 Å². The van der Waals surface area contributed by atoms with Gasteiger partial charge in [0.1, 0.15) is 11.6 Å². The second-order valence-electron chi connectivity index (χ2n) is 6.92. The molecule has 0 atom stereocenters. The van der Waals surface area contributed by atoms with Crippen molar-refractivity contribution >= 4 is 46.5 Å². The molecule has 2 aromatic heterocycles. The topological polar surface area (TPSA) is 112 Å². The van der Waals surface area contributed by atoms with Gasteiger partial charge in [0.2, 0.25) is 11.9 Å².